The van der Waals surface area contributed by atoms with Gasteiger partial charge in [-0.25, -0.2) is 4.39 Å². The molecule has 0 aliphatic rings. The molecule has 4 nitrogen and oxygen atoms in total. The van der Waals surface area contributed by atoms with E-state index in [1.165, 1.54) is 0 Å². The number of halogens is 1. The summed E-state index contributed by atoms with van der Waals surface area (Å²) in [5, 5.41) is 33.5. The van der Waals surface area contributed by atoms with Gasteiger partial charge >= 0.3 is 0 Å². The van der Waals surface area contributed by atoms with Crippen molar-refractivity contribution in [3.63, 3.8) is 0 Å². The summed E-state index contributed by atoms with van der Waals surface area (Å²) in [6.07, 6.45) is -5.14. The summed E-state index contributed by atoms with van der Waals surface area (Å²) in [7, 11) is 0. The molecule has 0 aliphatic carbocycles. The van der Waals surface area contributed by atoms with E-state index in [1.54, 1.807) is 0 Å². The molecule has 0 unspecified atom stereocenters. The van der Waals surface area contributed by atoms with E-state index in [1.807, 2.05) is 0 Å². The van der Waals surface area contributed by atoms with Gasteiger partial charge in [-0.2, -0.15) is 0 Å². The van der Waals surface area contributed by atoms with Gasteiger partial charge in [-0.15, -0.1) is 0 Å². The van der Waals surface area contributed by atoms with Gasteiger partial charge in [0.25, 0.3) is 0 Å². The molecule has 0 heterocycles. The molecule has 62 valence electrons. The predicted molar refractivity (Wildman–Crippen MR) is 31.1 cm³/mol. The van der Waals surface area contributed by atoms with Gasteiger partial charge in [0.05, 0.1) is 13.2 Å². The summed E-state index contributed by atoms with van der Waals surface area (Å²) in [5.41, 5.74) is 0. The van der Waals surface area contributed by atoms with Gasteiger partial charge in [-0.05, 0) is 0 Å². The van der Waals surface area contributed by atoms with Crippen LogP contribution in [0, 0.1) is 0 Å². The van der Waals surface area contributed by atoms with E-state index >= 15 is 0 Å². The Balaban J connectivity index is 3.69. The third kappa shape index (κ3) is 2.57. The van der Waals surface area contributed by atoms with E-state index in [2.05, 4.69) is 0 Å². The number of aliphatic hydroxyl groups excluding tert-OH is 4. The standard InChI is InChI=1S/C5H11FO4/c6-3(1-7)5(10)4(9)2-8/h3-5,7-10H,1-2H2/t3-,4+,5-/m0/s1. The molecule has 0 rings (SSSR count). The molecule has 0 radical (unpaired) electrons. The first-order valence-electron chi connectivity index (χ1n) is 2.85. The van der Waals surface area contributed by atoms with Crippen molar-refractivity contribution in [2.45, 2.75) is 18.4 Å². The fourth-order valence-corrected chi connectivity index (χ4v) is 0.457. The molecule has 0 aliphatic heterocycles. The lowest BCUT2D eigenvalue weighted by molar-refractivity contribution is -0.0633. The van der Waals surface area contributed by atoms with Crippen molar-refractivity contribution in [2.24, 2.45) is 0 Å². The lowest BCUT2D eigenvalue weighted by atomic mass is 10.1. The van der Waals surface area contributed by atoms with E-state index in [9.17, 15) is 4.39 Å². The number of rotatable bonds is 4. The van der Waals surface area contributed by atoms with Gasteiger partial charge < -0.3 is 20.4 Å². The predicted octanol–water partition coefficient (Wildman–Crippen LogP) is -1.97. The average molecular weight is 154 g/mol. The Labute approximate surface area is 57.5 Å². The summed E-state index contributed by atoms with van der Waals surface area (Å²) in [6.45, 7) is -1.58. The maximum Gasteiger partial charge on any atom is 0.151 e. The average Bonchev–Trinajstić information content (AvgIpc) is 2.00. The molecule has 0 amide bonds. The summed E-state index contributed by atoms with van der Waals surface area (Å²) in [6, 6.07) is 0. The quantitative estimate of drug-likeness (QED) is 0.378. The first-order chi connectivity index (χ1) is 4.63. The van der Waals surface area contributed by atoms with Crippen LogP contribution in [0.3, 0.4) is 0 Å². The van der Waals surface area contributed by atoms with Gasteiger partial charge in [0.15, 0.2) is 6.17 Å². The van der Waals surface area contributed by atoms with Gasteiger partial charge in [0, 0.05) is 0 Å². The Morgan fingerprint density at radius 2 is 1.60 bits per heavy atom. The minimum Gasteiger partial charge on any atom is -0.394 e. The second-order valence-electron chi connectivity index (χ2n) is 1.94. The molecule has 0 fully saturated rings. The van der Waals surface area contributed by atoms with Crippen molar-refractivity contribution in [1.29, 1.82) is 0 Å². The molecule has 0 aromatic carbocycles. The smallest absolute Gasteiger partial charge is 0.151 e. The monoisotopic (exact) mass is 154 g/mol. The van der Waals surface area contributed by atoms with E-state index in [0.717, 1.165) is 0 Å². The molecule has 3 atom stereocenters. The maximum absolute atomic E-state index is 12.2. The van der Waals surface area contributed by atoms with E-state index in [-0.39, 0.29) is 0 Å². The normalized spacial score (nSPS) is 20.1. The molecule has 10 heavy (non-hydrogen) atoms. The van der Waals surface area contributed by atoms with Crippen LogP contribution in [0.4, 0.5) is 4.39 Å². The lowest BCUT2D eigenvalue weighted by Crippen LogP contribution is -2.38. The fourth-order valence-electron chi connectivity index (χ4n) is 0.457. The Morgan fingerprint density at radius 1 is 1.10 bits per heavy atom. The van der Waals surface area contributed by atoms with Gasteiger partial charge in [0.2, 0.25) is 0 Å². The fraction of sp³-hybridized carbons (Fsp3) is 1.00. The molecule has 0 saturated carbocycles. The Hall–Kier alpha value is -0.230. The number of alkyl halides is 1. The first-order valence-corrected chi connectivity index (χ1v) is 2.85. The summed E-state index contributed by atoms with van der Waals surface area (Å²) in [5.74, 6) is 0. The van der Waals surface area contributed by atoms with E-state index in [4.69, 9.17) is 20.4 Å². The highest BCUT2D eigenvalue weighted by Crippen LogP contribution is 2.02. The number of hydrogen-bond acceptors (Lipinski definition) is 4. The van der Waals surface area contributed by atoms with Crippen molar-refractivity contribution in [1.82, 2.24) is 0 Å². The van der Waals surface area contributed by atoms with E-state index in [0.29, 0.717) is 0 Å². The molecule has 0 spiro atoms. The van der Waals surface area contributed by atoms with Crippen LogP contribution in [0.15, 0.2) is 0 Å². The zero-order valence-corrected chi connectivity index (χ0v) is 5.31. The van der Waals surface area contributed by atoms with Crippen LogP contribution in [0.25, 0.3) is 0 Å². The third-order valence-corrected chi connectivity index (χ3v) is 1.13. The minimum atomic E-state index is -1.90. The zero-order chi connectivity index (χ0) is 8.15. The molecule has 0 aromatic rings. The molecular weight excluding hydrogens is 143 g/mol. The van der Waals surface area contributed by atoms with Gasteiger partial charge in [0.1, 0.15) is 12.2 Å². The van der Waals surface area contributed by atoms with Crippen molar-refractivity contribution in [2.75, 3.05) is 13.2 Å². The van der Waals surface area contributed by atoms with Crippen LogP contribution in [0.5, 0.6) is 0 Å². The van der Waals surface area contributed by atoms with Crippen LogP contribution < -0.4 is 0 Å². The highest BCUT2D eigenvalue weighted by atomic mass is 19.1. The third-order valence-electron chi connectivity index (χ3n) is 1.13. The lowest BCUT2D eigenvalue weighted by Gasteiger charge is -2.17. The molecule has 0 saturated heterocycles. The van der Waals surface area contributed by atoms with Crippen LogP contribution >= 0.6 is 0 Å². The van der Waals surface area contributed by atoms with E-state index < -0.39 is 31.6 Å². The number of aliphatic hydroxyl groups is 4. The molecule has 5 heteroatoms. The highest BCUT2D eigenvalue weighted by Gasteiger charge is 2.24. The topological polar surface area (TPSA) is 80.9 Å². The van der Waals surface area contributed by atoms with Crippen LogP contribution in [0.2, 0.25) is 0 Å². The molecule has 4 N–H and O–H groups in total. The second-order valence-corrected chi connectivity index (χ2v) is 1.94. The van der Waals surface area contributed by atoms with Crippen LogP contribution in [-0.2, 0) is 0 Å². The van der Waals surface area contributed by atoms with Crippen molar-refractivity contribution < 1.29 is 24.8 Å². The Morgan fingerprint density at radius 3 is 1.90 bits per heavy atom. The van der Waals surface area contributed by atoms with Gasteiger partial charge in [-0.3, -0.25) is 0 Å². The molecular formula is C5H11FO4. The largest absolute Gasteiger partial charge is 0.394 e. The van der Waals surface area contributed by atoms with Crippen molar-refractivity contribution >= 4 is 0 Å². The summed E-state index contributed by atoms with van der Waals surface area (Å²) >= 11 is 0. The summed E-state index contributed by atoms with van der Waals surface area (Å²) < 4.78 is 12.2. The Kier molecular flexibility index (Phi) is 4.46. The van der Waals surface area contributed by atoms with Gasteiger partial charge in [-0.1, -0.05) is 0 Å². The summed E-state index contributed by atoms with van der Waals surface area (Å²) in [4.78, 5) is 0. The second kappa shape index (κ2) is 4.56. The number of hydrogen-bond donors (Lipinski definition) is 4. The first kappa shape index (κ1) is 9.77. The molecule has 0 aromatic heterocycles. The molecule has 0 bridgehead atoms. The van der Waals surface area contributed by atoms with Crippen LogP contribution in [-0.4, -0.2) is 52.0 Å². The van der Waals surface area contributed by atoms with Crippen LogP contribution in [0.1, 0.15) is 0 Å². The highest BCUT2D eigenvalue weighted by molar-refractivity contribution is 4.73. The zero-order valence-electron chi connectivity index (χ0n) is 5.31. The Bertz CT molecular complexity index is 79.7. The minimum absolute atomic E-state index is 0.721. The van der Waals surface area contributed by atoms with Crippen molar-refractivity contribution in [3.8, 4) is 0 Å². The SMILES string of the molecule is OC[C@@H](O)[C@@H](O)[C@@H](F)CO. The van der Waals surface area contributed by atoms with Crippen molar-refractivity contribution in [3.05, 3.63) is 0 Å². The maximum atomic E-state index is 12.2.